The number of nitrogens with zero attached hydrogens (tertiary/aromatic N) is 3. The third-order valence-corrected chi connectivity index (χ3v) is 5.89. The minimum atomic E-state index is -0.665. The third-order valence-electron chi connectivity index (χ3n) is 5.20. The molecule has 1 aliphatic rings. The second-order valence-corrected chi connectivity index (χ2v) is 8.71. The Kier molecular flexibility index (Phi) is 7.44. The van der Waals surface area contributed by atoms with Crippen LogP contribution in [0, 0.1) is 5.92 Å². The number of rotatable bonds is 6. The lowest BCUT2D eigenvalue weighted by atomic mass is 10.0. The number of benzene rings is 1. The summed E-state index contributed by atoms with van der Waals surface area (Å²) in [5.74, 6) is 0.275. The minimum Gasteiger partial charge on any atom is -0.354 e. The van der Waals surface area contributed by atoms with Crippen LogP contribution in [0.25, 0.3) is 0 Å². The Morgan fingerprint density at radius 1 is 1.07 bits per heavy atom. The van der Waals surface area contributed by atoms with Gasteiger partial charge in [0, 0.05) is 30.7 Å². The predicted molar refractivity (Wildman–Crippen MR) is 123 cm³/mol. The molecule has 7 nitrogen and oxygen atoms in total. The van der Waals surface area contributed by atoms with Gasteiger partial charge >= 0.3 is 0 Å². The molecule has 0 aliphatic carbocycles. The van der Waals surface area contributed by atoms with Crippen molar-refractivity contribution < 1.29 is 9.59 Å². The van der Waals surface area contributed by atoms with Gasteiger partial charge in [0.15, 0.2) is 0 Å². The standard InChI is InChI=1S/C22H28BrN5O2/c1-15(2)20(26-21(29)17-6-4-5-7-18(17)23)22(30)25-16-8-9-19(24-14-16)28-12-10-27(3)11-13-28/h4-9,14-15,20H,10-13H2,1-3H3,(H,25,30)(H,26,29)/t20-/m1/s1. The molecular weight excluding hydrogens is 446 g/mol. The first-order chi connectivity index (χ1) is 14.3. The lowest BCUT2D eigenvalue weighted by Gasteiger charge is -2.33. The van der Waals surface area contributed by atoms with Crippen molar-refractivity contribution in [3.63, 3.8) is 0 Å². The van der Waals surface area contributed by atoms with Crippen LogP contribution < -0.4 is 15.5 Å². The highest BCUT2D eigenvalue weighted by molar-refractivity contribution is 9.10. The molecule has 2 amide bonds. The summed E-state index contributed by atoms with van der Waals surface area (Å²) in [4.78, 5) is 34.5. The van der Waals surface area contributed by atoms with Gasteiger partial charge in [0.25, 0.3) is 5.91 Å². The zero-order valence-electron chi connectivity index (χ0n) is 17.6. The number of carbonyl (C=O) groups excluding carboxylic acids is 2. The predicted octanol–water partition coefficient (Wildman–Crippen LogP) is 2.99. The van der Waals surface area contributed by atoms with E-state index in [4.69, 9.17) is 0 Å². The third kappa shape index (κ3) is 5.58. The largest absolute Gasteiger partial charge is 0.354 e. The molecule has 1 saturated heterocycles. The van der Waals surface area contributed by atoms with Crippen LogP contribution in [0.5, 0.6) is 0 Å². The van der Waals surface area contributed by atoms with Crippen molar-refractivity contribution in [2.45, 2.75) is 19.9 Å². The molecular formula is C22H28BrN5O2. The Morgan fingerprint density at radius 2 is 1.77 bits per heavy atom. The summed E-state index contributed by atoms with van der Waals surface area (Å²) in [6.07, 6.45) is 1.67. The molecule has 1 atom stereocenters. The van der Waals surface area contributed by atoms with Crippen molar-refractivity contribution in [2.24, 2.45) is 5.92 Å². The number of carbonyl (C=O) groups is 2. The molecule has 0 unspecified atom stereocenters. The normalized spacial score (nSPS) is 15.7. The van der Waals surface area contributed by atoms with Crippen LogP contribution in [-0.2, 0) is 4.79 Å². The highest BCUT2D eigenvalue weighted by Gasteiger charge is 2.25. The average molecular weight is 474 g/mol. The Hall–Kier alpha value is -2.45. The number of anilines is 2. The van der Waals surface area contributed by atoms with Crippen LogP contribution >= 0.6 is 15.9 Å². The van der Waals surface area contributed by atoms with E-state index in [0.717, 1.165) is 32.0 Å². The first-order valence-electron chi connectivity index (χ1n) is 10.1. The smallest absolute Gasteiger partial charge is 0.253 e. The highest BCUT2D eigenvalue weighted by Crippen LogP contribution is 2.18. The van der Waals surface area contributed by atoms with E-state index in [0.29, 0.717) is 15.7 Å². The fourth-order valence-electron chi connectivity index (χ4n) is 3.30. The fraction of sp³-hybridized carbons (Fsp3) is 0.409. The second-order valence-electron chi connectivity index (χ2n) is 7.86. The molecule has 1 fully saturated rings. The van der Waals surface area contributed by atoms with Gasteiger partial charge in [0.2, 0.25) is 5.91 Å². The first kappa shape index (κ1) is 22.2. The van der Waals surface area contributed by atoms with Gasteiger partial charge in [-0.3, -0.25) is 9.59 Å². The zero-order valence-corrected chi connectivity index (χ0v) is 19.1. The van der Waals surface area contributed by atoms with E-state index in [1.807, 2.05) is 32.0 Å². The summed E-state index contributed by atoms with van der Waals surface area (Å²) in [5, 5.41) is 5.72. The highest BCUT2D eigenvalue weighted by atomic mass is 79.9. The topological polar surface area (TPSA) is 77.6 Å². The SMILES string of the molecule is CC(C)[C@@H](NC(=O)c1ccccc1Br)C(=O)Nc1ccc(N2CCN(C)CC2)nc1. The van der Waals surface area contributed by atoms with Gasteiger partial charge in [-0.15, -0.1) is 0 Å². The molecule has 1 aromatic carbocycles. The van der Waals surface area contributed by atoms with E-state index in [2.05, 4.69) is 48.4 Å². The quantitative estimate of drug-likeness (QED) is 0.674. The van der Waals surface area contributed by atoms with Crippen LogP contribution in [0.1, 0.15) is 24.2 Å². The molecule has 160 valence electrons. The fourth-order valence-corrected chi connectivity index (χ4v) is 3.77. The molecule has 1 aromatic heterocycles. The number of halogens is 1. The lowest BCUT2D eigenvalue weighted by molar-refractivity contribution is -0.118. The van der Waals surface area contributed by atoms with Crippen LogP contribution in [0.4, 0.5) is 11.5 Å². The van der Waals surface area contributed by atoms with Crippen LogP contribution in [0.2, 0.25) is 0 Å². The molecule has 1 aliphatic heterocycles. The maximum absolute atomic E-state index is 12.8. The molecule has 3 rings (SSSR count). The molecule has 2 heterocycles. The Morgan fingerprint density at radius 3 is 2.37 bits per heavy atom. The maximum atomic E-state index is 12.8. The van der Waals surface area contributed by atoms with Gasteiger partial charge in [-0.25, -0.2) is 4.98 Å². The van der Waals surface area contributed by atoms with Crippen LogP contribution in [0.3, 0.4) is 0 Å². The number of hydrogen-bond acceptors (Lipinski definition) is 5. The van der Waals surface area contributed by atoms with Crippen molar-refractivity contribution in [1.29, 1.82) is 0 Å². The number of nitrogens with one attached hydrogen (secondary N) is 2. The Labute approximate surface area is 186 Å². The number of pyridine rings is 1. The summed E-state index contributed by atoms with van der Waals surface area (Å²) in [6.45, 7) is 7.69. The van der Waals surface area contributed by atoms with E-state index in [1.54, 1.807) is 24.4 Å². The molecule has 2 N–H and O–H groups in total. The zero-order chi connectivity index (χ0) is 21.7. The average Bonchev–Trinajstić information content (AvgIpc) is 2.73. The molecule has 0 saturated carbocycles. The summed E-state index contributed by atoms with van der Waals surface area (Å²) in [7, 11) is 2.11. The molecule has 8 heteroatoms. The van der Waals surface area contributed by atoms with E-state index < -0.39 is 6.04 Å². The minimum absolute atomic E-state index is 0.0750. The van der Waals surface area contributed by atoms with Gasteiger partial charge in [-0.2, -0.15) is 0 Å². The van der Waals surface area contributed by atoms with E-state index in [1.165, 1.54) is 0 Å². The number of hydrogen-bond donors (Lipinski definition) is 2. The Bertz CT molecular complexity index is 879. The van der Waals surface area contributed by atoms with Crippen molar-refractivity contribution in [3.05, 3.63) is 52.6 Å². The van der Waals surface area contributed by atoms with Gasteiger partial charge in [-0.1, -0.05) is 26.0 Å². The monoisotopic (exact) mass is 473 g/mol. The molecule has 0 spiro atoms. The van der Waals surface area contributed by atoms with Crippen LogP contribution in [-0.4, -0.2) is 61.0 Å². The summed E-state index contributed by atoms with van der Waals surface area (Å²) >= 11 is 3.38. The van der Waals surface area contributed by atoms with Gasteiger partial charge in [-0.05, 0) is 53.2 Å². The first-order valence-corrected chi connectivity index (χ1v) is 10.9. The molecule has 0 radical (unpaired) electrons. The second kappa shape index (κ2) is 10.0. The van der Waals surface area contributed by atoms with Crippen molar-refractivity contribution in [2.75, 3.05) is 43.4 Å². The number of likely N-dealkylation sites (N-methyl/N-ethyl adjacent to an activating group) is 1. The van der Waals surface area contributed by atoms with Gasteiger partial charge < -0.3 is 20.4 Å². The van der Waals surface area contributed by atoms with Crippen molar-refractivity contribution >= 4 is 39.2 Å². The molecule has 30 heavy (non-hydrogen) atoms. The van der Waals surface area contributed by atoms with Crippen molar-refractivity contribution in [3.8, 4) is 0 Å². The maximum Gasteiger partial charge on any atom is 0.253 e. The van der Waals surface area contributed by atoms with Gasteiger partial charge in [0.05, 0.1) is 17.4 Å². The van der Waals surface area contributed by atoms with E-state index in [-0.39, 0.29) is 17.7 Å². The van der Waals surface area contributed by atoms with Crippen molar-refractivity contribution in [1.82, 2.24) is 15.2 Å². The molecule has 0 bridgehead atoms. The van der Waals surface area contributed by atoms with Crippen LogP contribution in [0.15, 0.2) is 47.1 Å². The number of piperazine rings is 1. The van der Waals surface area contributed by atoms with Gasteiger partial charge in [0.1, 0.15) is 11.9 Å². The van der Waals surface area contributed by atoms with E-state index >= 15 is 0 Å². The summed E-state index contributed by atoms with van der Waals surface area (Å²) in [5.41, 5.74) is 1.10. The Balaban J connectivity index is 1.63. The summed E-state index contributed by atoms with van der Waals surface area (Å²) < 4.78 is 0.689. The summed E-state index contributed by atoms with van der Waals surface area (Å²) in [6, 6.07) is 10.3. The molecule has 2 aromatic rings. The van der Waals surface area contributed by atoms with E-state index in [9.17, 15) is 9.59 Å². The number of aromatic nitrogens is 1. The lowest BCUT2D eigenvalue weighted by Crippen LogP contribution is -2.47. The number of amides is 2.